The lowest BCUT2D eigenvalue weighted by molar-refractivity contribution is 0.00468. The van der Waals surface area contributed by atoms with Gasteiger partial charge in [0.15, 0.2) is 0 Å². The SMILES string of the molecule is C=C1CC(C)N(C(=O)OC(C)(C)C)C(C)C1. The topological polar surface area (TPSA) is 29.5 Å². The van der Waals surface area contributed by atoms with Gasteiger partial charge in [-0.3, -0.25) is 0 Å². The van der Waals surface area contributed by atoms with Crippen molar-refractivity contribution in [1.82, 2.24) is 4.90 Å². The first-order valence-electron chi connectivity index (χ1n) is 5.88. The lowest BCUT2D eigenvalue weighted by atomic mass is 9.94. The van der Waals surface area contributed by atoms with Crippen molar-refractivity contribution in [3.63, 3.8) is 0 Å². The summed E-state index contributed by atoms with van der Waals surface area (Å²) in [4.78, 5) is 13.8. The van der Waals surface area contributed by atoms with Crippen LogP contribution in [0, 0.1) is 0 Å². The highest BCUT2D eigenvalue weighted by molar-refractivity contribution is 5.69. The normalized spacial score (nSPS) is 26.8. The number of piperidine rings is 1. The first-order valence-corrected chi connectivity index (χ1v) is 5.88. The standard InChI is InChI=1S/C13H23NO2/c1-9-7-10(2)14(11(3)8-9)12(15)16-13(4,5)6/h10-11H,1,7-8H2,2-6H3. The third-order valence-corrected chi connectivity index (χ3v) is 2.72. The molecule has 0 aliphatic carbocycles. The molecule has 0 radical (unpaired) electrons. The van der Waals surface area contributed by atoms with Gasteiger partial charge in [-0.1, -0.05) is 12.2 Å². The average molecular weight is 225 g/mol. The number of amides is 1. The summed E-state index contributed by atoms with van der Waals surface area (Å²) in [5.74, 6) is 0. The maximum atomic E-state index is 12.0. The zero-order valence-electron chi connectivity index (χ0n) is 11.0. The summed E-state index contributed by atoms with van der Waals surface area (Å²) < 4.78 is 5.41. The van der Waals surface area contributed by atoms with Gasteiger partial charge >= 0.3 is 6.09 Å². The Hall–Kier alpha value is -0.990. The molecule has 1 aliphatic heterocycles. The van der Waals surface area contributed by atoms with Crippen molar-refractivity contribution in [1.29, 1.82) is 0 Å². The van der Waals surface area contributed by atoms with Crippen molar-refractivity contribution in [3.05, 3.63) is 12.2 Å². The quantitative estimate of drug-likeness (QED) is 0.592. The molecule has 0 aromatic carbocycles. The van der Waals surface area contributed by atoms with Crippen LogP contribution in [0.5, 0.6) is 0 Å². The van der Waals surface area contributed by atoms with Crippen LogP contribution in [-0.4, -0.2) is 28.7 Å². The lowest BCUT2D eigenvalue weighted by Crippen LogP contribution is -2.49. The third-order valence-electron chi connectivity index (χ3n) is 2.72. The number of carbonyl (C=O) groups is 1. The maximum absolute atomic E-state index is 12.0. The molecule has 2 atom stereocenters. The van der Waals surface area contributed by atoms with Gasteiger partial charge in [-0.05, 0) is 47.5 Å². The van der Waals surface area contributed by atoms with E-state index >= 15 is 0 Å². The lowest BCUT2D eigenvalue weighted by Gasteiger charge is -2.40. The fraction of sp³-hybridized carbons (Fsp3) is 0.769. The Kier molecular flexibility index (Phi) is 3.66. The minimum atomic E-state index is -0.426. The molecule has 3 nitrogen and oxygen atoms in total. The van der Waals surface area contributed by atoms with Crippen LogP contribution in [0.2, 0.25) is 0 Å². The maximum Gasteiger partial charge on any atom is 0.410 e. The summed E-state index contributed by atoms with van der Waals surface area (Å²) in [7, 11) is 0. The van der Waals surface area contributed by atoms with Crippen LogP contribution in [0.3, 0.4) is 0 Å². The highest BCUT2D eigenvalue weighted by atomic mass is 16.6. The number of hydrogen-bond acceptors (Lipinski definition) is 2. The van der Waals surface area contributed by atoms with Crippen molar-refractivity contribution in [3.8, 4) is 0 Å². The van der Waals surface area contributed by atoms with Crippen LogP contribution in [0.4, 0.5) is 4.79 Å². The van der Waals surface area contributed by atoms with Gasteiger partial charge in [0.2, 0.25) is 0 Å². The second-order valence-corrected chi connectivity index (χ2v) is 5.74. The van der Waals surface area contributed by atoms with E-state index in [0.29, 0.717) is 0 Å². The van der Waals surface area contributed by atoms with Crippen molar-refractivity contribution >= 4 is 6.09 Å². The van der Waals surface area contributed by atoms with Gasteiger partial charge in [0.1, 0.15) is 5.60 Å². The van der Waals surface area contributed by atoms with Gasteiger partial charge in [0, 0.05) is 12.1 Å². The molecule has 1 heterocycles. The Balaban J connectivity index is 2.71. The molecule has 0 saturated carbocycles. The molecule has 92 valence electrons. The van der Waals surface area contributed by atoms with Gasteiger partial charge in [-0.15, -0.1) is 0 Å². The van der Waals surface area contributed by atoms with Crippen molar-refractivity contribution in [2.45, 2.75) is 65.1 Å². The molecular formula is C13H23NO2. The minimum Gasteiger partial charge on any atom is -0.444 e. The Morgan fingerprint density at radius 1 is 1.31 bits per heavy atom. The molecule has 1 rings (SSSR count). The molecule has 3 heteroatoms. The second kappa shape index (κ2) is 4.48. The fourth-order valence-corrected chi connectivity index (χ4v) is 2.22. The first-order chi connectivity index (χ1) is 7.20. The number of rotatable bonds is 0. The summed E-state index contributed by atoms with van der Waals surface area (Å²) in [5.41, 5.74) is 0.796. The number of ether oxygens (including phenoxy) is 1. The van der Waals surface area contributed by atoms with Gasteiger partial charge < -0.3 is 9.64 Å². The molecule has 1 aliphatic rings. The number of carbonyl (C=O) groups excluding carboxylic acids is 1. The second-order valence-electron chi connectivity index (χ2n) is 5.74. The van der Waals surface area contributed by atoms with Crippen LogP contribution in [0.25, 0.3) is 0 Å². The Morgan fingerprint density at radius 2 is 1.75 bits per heavy atom. The molecule has 1 fully saturated rings. The average Bonchev–Trinajstić information content (AvgIpc) is 1.96. The summed E-state index contributed by atoms with van der Waals surface area (Å²) in [6.45, 7) is 13.8. The highest BCUT2D eigenvalue weighted by Gasteiger charge is 2.33. The predicted octanol–water partition coefficient (Wildman–Crippen LogP) is 3.35. The van der Waals surface area contributed by atoms with E-state index in [1.165, 1.54) is 5.57 Å². The summed E-state index contributed by atoms with van der Waals surface area (Å²) in [6.07, 6.45) is 1.55. The van der Waals surface area contributed by atoms with Crippen molar-refractivity contribution in [2.24, 2.45) is 0 Å². The molecule has 0 aromatic rings. The molecule has 1 saturated heterocycles. The van der Waals surface area contributed by atoms with Gasteiger partial charge in [-0.2, -0.15) is 0 Å². The predicted molar refractivity (Wildman–Crippen MR) is 65.4 cm³/mol. The third kappa shape index (κ3) is 3.26. The van der Waals surface area contributed by atoms with Crippen LogP contribution in [0.1, 0.15) is 47.5 Å². The van der Waals surface area contributed by atoms with E-state index < -0.39 is 5.60 Å². The van der Waals surface area contributed by atoms with E-state index in [2.05, 4.69) is 6.58 Å². The van der Waals surface area contributed by atoms with Crippen LogP contribution < -0.4 is 0 Å². The van der Waals surface area contributed by atoms with Crippen LogP contribution in [-0.2, 0) is 4.74 Å². The zero-order chi connectivity index (χ0) is 12.5. The van der Waals surface area contributed by atoms with Crippen molar-refractivity contribution < 1.29 is 9.53 Å². The largest absolute Gasteiger partial charge is 0.444 e. The molecule has 2 unspecified atom stereocenters. The van der Waals surface area contributed by atoms with E-state index in [0.717, 1.165) is 12.8 Å². The minimum absolute atomic E-state index is 0.186. The fourth-order valence-electron chi connectivity index (χ4n) is 2.22. The van der Waals surface area contributed by atoms with Gasteiger partial charge in [-0.25, -0.2) is 4.79 Å². The first kappa shape index (κ1) is 13.1. The van der Waals surface area contributed by atoms with Crippen LogP contribution in [0.15, 0.2) is 12.2 Å². The van der Waals surface area contributed by atoms with Gasteiger partial charge in [0.05, 0.1) is 0 Å². The number of nitrogens with zero attached hydrogens (tertiary/aromatic N) is 1. The van der Waals surface area contributed by atoms with E-state index in [1.807, 2.05) is 39.5 Å². The molecule has 1 amide bonds. The van der Waals surface area contributed by atoms with Crippen LogP contribution >= 0.6 is 0 Å². The monoisotopic (exact) mass is 225 g/mol. The molecule has 16 heavy (non-hydrogen) atoms. The molecule has 0 aromatic heterocycles. The van der Waals surface area contributed by atoms with E-state index in [9.17, 15) is 4.79 Å². The summed E-state index contributed by atoms with van der Waals surface area (Å²) in [6, 6.07) is 0.372. The summed E-state index contributed by atoms with van der Waals surface area (Å²) >= 11 is 0. The number of hydrogen-bond donors (Lipinski definition) is 0. The van der Waals surface area contributed by atoms with Gasteiger partial charge in [0.25, 0.3) is 0 Å². The molecule has 0 N–H and O–H groups in total. The smallest absolute Gasteiger partial charge is 0.410 e. The molecular weight excluding hydrogens is 202 g/mol. The van der Waals surface area contributed by atoms with Crippen molar-refractivity contribution in [2.75, 3.05) is 0 Å². The Bertz CT molecular complexity index is 277. The molecule has 0 bridgehead atoms. The highest BCUT2D eigenvalue weighted by Crippen LogP contribution is 2.27. The Morgan fingerprint density at radius 3 is 2.12 bits per heavy atom. The zero-order valence-corrected chi connectivity index (χ0v) is 11.0. The molecule has 0 spiro atoms. The number of likely N-dealkylation sites (tertiary alicyclic amines) is 1. The van der Waals surface area contributed by atoms with E-state index in [1.54, 1.807) is 0 Å². The van der Waals surface area contributed by atoms with E-state index in [4.69, 9.17) is 4.74 Å². The Labute approximate surface area is 98.5 Å². The summed E-state index contributed by atoms with van der Waals surface area (Å²) in [5, 5.41) is 0. The van der Waals surface area contributed by atoms with E-state index in [-0.39, 0.29) is 18.2 Å².